The van der Waals surface area contributed by atoms with Crippen LogP contribution in [0.3, 0.4) is 0 Å². The van der Waals surface area contributed by atoms with Gasteiger partial charge in [0.1, 0.15) is 0 Å². The number of nitro benzene ring substituents is 1. The molecule has 3 aromatic carbocycles. The predicted octanol–water partition coefficient (Wildman–Crippen LogP) is 4.67. The van der Waals surface area contributed by atoms with E-state index < -0.39 is 10.8 Å². The number of amides is 1. The zero-order chi connectivity index (χ0) is 21.8. The Kier molecular flexibility index (Phi) is 5.57. The zero-order valence-corrected chi connectivity index (χ0v) is 16.9. The number of hydrogen-bond donors (Lipinski definition) is 1. The number of hydrazone groups is 1. The third-order valence-corrected chi connectivity index (χ3v) is 5.11. The summed E-state index contributed by atoms with van der Waals surface area (Å²) in [7, 11) is 0. The molecule has 4 aromatic rings. The first-order valence-corrected chi connectivity index (χ1v) is 9.73. The van der Waals surface area contributed by atoms with Crippen LogP contribution in [0.1, 0.15) is 27.0 Å². The van der Waals surface area contributed by atoms with Gasteiger partial charge in [-0.2, -0.15) is 5.10 Å². The molecule has 31 heavy (non-hydrogen) atoms. The molecule has 0 saturated heterocycles. The number of nitrogens with one attached hydrogen (secondary N) is 1. The molecule has 7 heteroatoms. The van der Waals surface area contributed by atoms with Crippen molar-refractivity contribution in [1.29, 1.82) is 0 Å². The number of rotatable bonds is 6. The van der Waals surface area contributed by atoms with Crippen LogP contribution in [0.25, 0.3) is 10.9 Å². The van der Waals surface area contributed by atoms with Gasteiger partial charge in [-0.3, -0.25) is 14.9 Å². The quantitative estimate of drug-likeness (QED) is 0.283. The fraction of sp³-hybridized carbons (Fsp3) is 0.0833. The molecule has 4 rings (SSSR count). The van der Waals surface area contributed by atoms with Crippen LogP contribution in [-0.4, -0.2) is 21.6 Å². The van der Waals surface area contributed by atoms with Crippen LogP contribution in [0.15, 0.2) is 84.1 Å². The number of benzene rings is 3. The number of carbonyl (C=O) groups is 1. The SMILES string of the molecule is Cc1ccccc1Cn1cc(/C=N/NC(=O)c2cccc([N+](=O)[O-])c2)c2ccccc21. The summed E-state index contributed by atoms with van der Waals surface area (Å²) in [5, 5.41) is 16.0. The van der Waals surface area contributed by atoms with Gasteiger partial charge in [0, 0.05) is 46.9 Å². The molecule has 0 radical (unpaired) electrons. The molecule has 0 spiro atoms. The van der Waals surface area contributed by atoms with E-state index in [9.17, 15) is 14.9 Å². The largest absolute Gasteiger partial charge is 0.342 e. The number of carbonyl (C=O) groups excluding carboxylic acids is 1. The van der Waals surface area contributed by atoms with Gasteiger partial charge in [-0.05, 0) is 30.2 Å². The van der Waals surface area contributed by atoms with E-state index in [0.717, 1.165) is 23.0 Å². The topological polar surface area (TPSA) is 89.5 Å². The number of nitrogens with zero attached hydrogens (tertiary/aromatic N) is 3. The Balaban J connectivity index is 1.57. The van der Waals surface area contributed by atoms with Gasteiger partial charge in [-0.15, -0.1) is 0 Å². The number of non-ortho nitro benzene ring substituents is 1. The lowest BCUT2D eigenvalue weighted by Gasteiger charge is -2.08. The van der Waals surface area contributed by atoms with Gasteiger partial charge in [0.05, 0.1) is 11.1 Å². The van der Waals surface area contributed by atoms with Crippen LogP contribution >= 0.6 is 0 Å². The molecule has 1 heterocycles. The minimum Gasteiger partial charge on any atom is -0.342 e. The predicted molar refractivity (Wildman–Crippen MR) is 120 cm³/mol. The van der Waals surface area contributed by atoms with Crippen molar-refractivity contribution in [2.24, 2.45) is 5.10 Å². The second-order valence-electron chi connectivity index (χ2n) is 7.16. The summed E-state index contributed by atoms with van der Waals surface area (Å²) in [6.45, 7) is 2.81. The molecular weight excluding hydrogens is 392 g/mol. The van der Waals surface area contributed by atoms with Crippen LogP contribution in [0.2, 0.25) is 0 Å². The highest BCUT2D eigenvalue weighted by Gasteiger charge is 2.11. The average Bonchev–Trinajstić information content (AvgIpc) is 3.13. The molecule has 0 saturated carbocycles. The van der Waals surface area contributed by atoms with Crippen molar-refractivity contribution >= 4 is 28.7 Å². The molecular formula is C24H20N4O3. The Morgan fingerprint density at radius 1 is 1.10 bits per heavy atom. The summed E-state index contributed by atoms with van der Waals surface area (Å²) >= 11 is 0. The van der Waals surface area contributed by atoms with Gasteiger partial charge in [-0.1, -0.05) is 48.5 Å². The first-order valence-electron chi connectivity index (χ1n) is 9.73. The highest BCUT2D eigenvalue weighted by Crippen LogP contribution is 2.22. The van der Waals surface area contributed by atoms with E-state index in [1.165, 1.54) is 35.4 Å². The van der Waals surface area contributed by atoms with Gasteiger partial charge < -0.3 is 4.57 Å². The van der Waals surface area contributed by atoms with E-state index >= 15 is 0 Å². The van der Waals surface area contributed by atoms with E-state index in [1.807, 2.05) is 42.6 Å². The molecule has 0 atom stereocenters. The Morgan fingerprint density at radius 3 is 2.68 bits per heavy atom. The second kappa shape index (κ2) is 8.62. The number of aryl methyl sites for hydroxylation is 1. The first-order chi connectivity index (χ1) is 15.0. The summed E-state index contributed by atoms with van der Waals surface area (Å²) in [4.78, 5) is 22.7. The van der Waals surface area contributed by atoms with E-state index in [0.29, 0.717) is 0 Å². The summed E-state index contributed by atoms with van der Waals surface area (Å²) < 4.78 is 2.15. The highest BCUT2D eigenvalue weighted by atomic mass is 16.6. The third kappa shape index (κ3) is 4.35. The molecule has 7 nitrogen and oxygen atoms in total. The Bertz CT molecular complexity index is 1310. The van der Waals surface area contributed by atoms with Crippen molar-refractivity contribution in [3.05, 3.63) is 111 Å². The molecule has 0 fully saturated rings. The minimum absolute atomic E-state index is 0.143. The van der Waals surface area contributed by atoms with Crippen LogP contribution in [-0.2, 0) is 6.54 Å². The van der Waals surface area contributed by atoms with Crippen molar-refractivity contribution in [3.63, 3.8) is 0 Å². The summed E-state index contributed by atoms with van der Waals surface area (Å²) in [5.74, 6) is -0.511. The molecule has 0 aliphatic heterocycles. The van der Waals surface area contributed by atoms with Crippen LogP contribution < -0.4 is 5.43 Å². The Hall–Kier alpha value is -4.26. The van der Waals surface area contributed by atoms with Crippen LogP contribution in [0, 0.1) is 17.0 Å². The number of fused-ring (bicyclic) bond motifs is 1. The molecule has 154 valence electrons. The van der Waals surface area contributed by atoms with Crippen molar-refractivity contribution in [1.82, 2.24) is 9.99 Å². The fourth-order valence-corrected chi connectivity index (χ4v) is 3.47. The maximum absolute atomic E-state index is 12.3. The second-order valence-corrected chi connectivity index (χ2v) is 7.16. The smallest absolute Gasteiger partial charge is 0.271 e. The van der Waals surface area contributed by atoms with Gasteiger partial charge >= 0.3 is 0 Å². The molecule has 0 bridgehead atoms. The van der Waals surface area contributed by atoms with Crippen molar-refractivity contribution < 1.29 is 9.72 Å². The first kappa shape index (κ1) is 20.0. The van der Waals surface area contributed by atoms with Gasteiger partial charge in [0.2, 0.25) is 0 Å². The maximum Gasteiger partial charge on any atom is 0.271 e. The van der Waals surface area contributed by atoms with Gasteiger partial charge in [0.15, 0.2) is 0 Å². The van der Waals surface area contributed by atoms with Gasteiger partial charge in [-0.25, -0.2) is 5.43 Å². The van der Waals surface area contributed by atoms with E-state index in [2.05, 4.69) is 34.2 Å². The lowest BCUT2D eigenvalue weighted by atomic mass is 10.1. The van der Waals surface area contributed by atoms with Crippen molar-refractivity contribution in [2.75, 3.05) is 0 Å². The number of para-hydroxylation sites is 1. The number of nitro groups is 1. The lowest BCUT2D eigenvalue weighted by molar-refractivity contribution is -0.384. The molecule has 0 aliphatic carbocycles. The summed E-state index contributed by atoms with van der Waals surface area (Å²) in [6.07, 6.45) is 3.59. The normalized spacial score (nSPS) is 11.1. The lowest BCUT2D eigenvalue weighted by Crippen LogP contribution is -2.17. The molecule has 0 unspecified atom stereocenters. The standard InChI is InChI=1S/C24H20N4O3/c1-17-7-2-3-8-19(17)15-27-16-20(22-11-4-5-12-23(22)27)14-25-26-24(29)18-9-6-10-21(13-18)28(30)31/h2-14,16H,15H2,1H3,(H,26,29)/b25-14+. The maximum atomic E-state index is 12.3. The van der Waals surface area contributed by atoms with Crippen LogP contribution in [0.5, 0.6) is 0 Å². The molecule has 1 N–H and O–H groups in total. The monoisotopic (exact) mass is 412 g/mol. The van der Waals surface area contributed by atoms with Crippen molar-refractivity contribution in [2.45, 2.75) is 13.5 Å². The van der Waals surface area contributed by atoms with E-state index in [4.69, 9.17) is 0 Å². The van der Waals surface area contributed by atoms with Gasteiger partial charge in [0.25, 0.3) is 11.6 Å². The average molecular weight is 412 g/mol. The minimum atomic E-state index is -0.538. The molecule has 1 amide bonds. The molecule has 1 aromatic heterocycles. The summed E-state index contributed by atoms with van der Waals surface area (Å²) in [6, 6.07) is 21.8. The Morgan fingerprint density at radius 2 is 1.87 bits per heavy atom. The Labute approximate surface area is 178 Å². The summed E-state index contributed by atoms with van der Waals surface area (Å²) in [5.41, 5.74) is 6.86. The number of hydrogen-bond acceptors (Lipinski definition) is 4. The highest BCUT2D eigenvalue weighted by molar-refractivity contribution is 6.00. The fourth-order valence-electron chi connectivity index (χ4n) is 3.47. The van der Waals surface area contributed by atoms with E-state index in [-0.39, 0.29) is 11.3 Å². The zero-order valence-electron chi connectivity index (χ0n) is 16.9. The van der Waals surface area contributed by atoms with E-state index in [1.54, 1.807) is 6.21 Å². The molecule has 0 aliphatic rings. The number of aromatic nitrogens is 1. The van der Waals surface area contributed by atoms with Crippen molar-refractivity contribution in [3.8, 4) is 0 Å². The van der Waals surface area contributed by atoms with Crippen LogP contribution in [0.4, 0.5) is 5.69 Å². The third-order valence-electron chi connectivity index (χ3n) is 5.11.